The second-order valence-electron chi connectivity index (χ2n) is 10.5. The lowest BCUT2D eigenvalue weighted by atomic mass is 9.88. The highest BCUT2D eigenvalue weighted by atomic mass is 16.5. The lowest BCUT2D eigenvalue weighted by Crippen LogP contribution is -2.55. The van der Waals surface area contributed by atoms with Gasteiger partial charge in [-0.25, -0.2) is 0 Å². The van der Waals surface area contributed by atoms with Crippen molar-refractivity contribution >= 4 is 0 Å². The van der Waals surface area contributed by atoms with Crippen LogP contribution in [0.3, 0.4) is 0 Å². The summed E-state index contributed by atoms with van der Waals surface area (Å²) in [6.07, 6.45) is 16.9. The molecule has 1 unspecified atom stereocenters. The molecule has 0 aromatic heterocycles. The summed E-state index contributed by atoms with van der Waals surface area (Å²) in [7, 11) is 0. The van der Waals surface area contributed by atoms with Crippen molar-refractivity contribution < 1.29 is 25.2 Å². The third kappa shape index (κ3) is 10.9. The summed E-state index contributed by atoms with van der Waals surface area (Å²) in [6.45, 7) is 1.87. The highest BCUT2D eigenvalue weighted by Gasteiger charge is 2.44. The molecule has 1 aliphatic rings. The van der Waals surface area contributed by atoms with Gasteiger partial charge in [0, 0.05) is 0 Å². The van der Waals surface area contributed by atoms with E-state index in [1.165, 1.54) is 96.3 Å². The molecule has 1 aromatic rings. The molecule has 1 aromatic carbocycles. The van der Waals surface area contributed by atoms with Gasteiger partial charge in [0.15, 0.2) is 0 Å². The summed E-state index contributed by atoms with van der Waals surface area (Å²) < 4.78 is 5.78. The maximum atomic E-state index is 10.5. The predicted octanol–water partition coefficient (Wildman–Crippen LogP) is 6.01. The predicted molar refractivity (Wildman–Crippen MR) is 142 cm³/mol. The Bertz CT molecular complexity index is 649. The minimum Gasteiger partial charge on any atom is -0.394 e. The van der Waals surface area contributed by atoms with Crippen LogP contribution in [0.4, 0.5) is 0 Å². The van der Waals surface area contributed by atoms with E-state index in [-0.39, 0.29) is 0 Å². The van der Waals surface area contributed by atoms with Gasteiger partial charge in [0.25, 0.3) is 0 Å². The van der Waals surface area contributed by atoms with Crippen LogP contribution in [0.5, 0.6) is 0 Å². The minimum absolute atomic E-state index is 0.400. The van der Waals surface area contributed by atoms with Gasteiger partial charge in [-0.15, -0.1) is 0 Å². The molecule has 4 N–H and O–H groups in total. The zero-order valence-electron chi connectivity index (χ0n) is 22.1. The standard InChI is InChI=1S/C30H52O5/c1-2-3-4-5-6-7-8-9-10-11-12-13-14-15-16-17-20-24-21-18-19-22-25(24)30-29(34)28(33)27(32)26(23-31)35-30/h18-19,21-22,26-34H,2-17,20,23H2,1H3/t26-,27-,28+,29+,30?/m1/s1. The molecular weight excluding hydrogens is 440 g/mol. The fourth-order valence-electron chi connectivity index (χ4n) is 5.26. The van der Waals surface area contributed by atoms with Crippen LogP contribution in [-0.2, 0) is 11.2 Å². The highest BCUT2D eigenvalue weighted by Crippen LogP contribution is 2.34. The smallest absolute Gasteiger partial charge is 0.113 e. The van der Waals surface area contributed by atoms with E-state index in [0.717, 1.165) is 24.0 Å². The largest absolute Gasteiger partial charge is 0.394 e. The van der Waals surface area contributed by atoms with Gasteiger partial charge in [0.05, 0.1) is 6.61 Å². The van der Waals surface area contributed by atoms with Gasteiger partial charge in [0.2, 0.25) is 0 Å². The van der Waals surface area contributed by atoms with E-state index in [0.29, 0.717) is 0 Å². The minimum atomic E-state index is -1.34. The van der Waals surface area contributed by atoms with Crippen molar-refractivity contribution in [2.24, 2.45) is 0 Å². The first-order valence-electron chi connectivity index (χ1n) is 14.5. The number of rotatable bonds is 19. The van der Waals surface area contributed by atoms with Crippen molar-refractivity contribution in [1.82, 2.24) is 0 Å². The van der Waals surface area contributed by atoms with Crippen LogP contribution in [0.1, 0.15) is 127 Å². The molecule has 1 fully saturated rings. The molecule has 1 saturated heterocycles. The fraction of sp³-hybridized carbons (Fsp3) is 0.800. The first-order chi connectivity index (χ1) is 17.1. The Morgan fingerprint density at radius 3 is 1.63 bits per heavy atom. The number of aliphatic hydroxyl groups excluding tert-OH is 4. The molecule has 1 heterocycles. The number of aryl methyl sites for hydroxylation is 1. The van der Waals surface area contributed by atoms with Crippen molar-refractivity contribution in [2.45, 2.75) is 147 Å². The third-order valence-electron chi connectivity index (χ3n) is 7.55. The van der Waals surface area contributed by atoms with Crippen LogP contribution in [0.15, 0.2) is 24.3 Å². The van der Waals surface area contributed by atoms with Crippen LogP contribution in [0.2, 0.25) is 0 Å². The Kier molecular flexibility index (Phi) is 15.8. The Hall–Kier alpha value is -0.980. The molecule has 0 aliphatic carbocycles. The summed E-state index contributed by atoms with van der Waals surface area (Å²) >= 11 is 0. The summed E-state index contributed by atoms with van der Waals surface area (Å²) in [5.41, 5.74) is 1.94. The molecular formula is C30H52O5. The second-order valence-corrected chi connectivity index (χ2v) is 10.5. The molecule has 0 spiro atoms. The number of benzene rings is 1. The van der Waals surface area contributed by atoms with Crippen molar-refractivity contribution in [3.8, 4) is 0 Å². The fourth-order valence-corrected chi connectivity index (χ4v) is 5.26. The van der Waals surface area contributed by atoms with Gasteiger partial charge in [0.1, 0.15) is 30.5 Å². The summed E-state index contributed by atoms with van der Waals surface area (Å²) in [6, 6.07) is 7.83. The Morgan fingerprint density at radius 2 is 1.11 bits per heavy atom. The lowest BCUT2D eigenvalue weighted by molar-refractivity contribution is -0.231. The maximum absolute atomic E-state index is 10.5. The van der Waals surface area contributed by atoms with Gasteiger partial charge >= 0.3 is 0 Å². The Labute approximate surface area is 213 Å². The van der Waals surface area contributed by atoms with Crippen molar-refractivity contribution in [1.29, 1.82) is 0 Å². The van der Waals surface area contributed by atoms with E-state index < -0.39 is 37.1 Å². The second kappa shape index (κ2) is 18.3. The molecule has 35 heavy (non-hydrogen) atoms. The zero-order chi connectivity index (χ0) is 25.3. The SMILES string of the molecule is CCCCCCCCCCCCCCCCCCc1ccccc1C1O[C@H](CO)[C@@H](O)[C@H](O)[C@@H]1O. The van der Waals surface area contributed by atoms with Crippen molar-refractivity contribution in [3.05, 3.63) is 35.4 Å². The van der Waals surface area contributed by atoms with E-state index in [9.17, 15) is 20.4 Å². The summed E-state index contributed by atoms with van der Waals surface area (Å²) in [5, 5.41) is 40.2. The lowest BCUT2D eigenvalue weighted by Gasteiger charge is -2.40. The molecule has 5 nitrogen and oxygen atoms in total. The molecule has 0 saturated carbocycles. The third-order valence-corrected chi connectivity index (χ3v) is 7.55. The van der Waals surface area contributed by atoms with Crippen LogP contribution >= 0.6 is 0 Å². The Morgan fingerprint density at radius 1 is 0.629 bits per heavy atom. The van der Waals surface area contributed by atoms with Crippen LogP contribution in [-0.4, -0.2) is 51.4 Å². The topological polar surface area (TPSA) is 90.2 Å². The van der Waals surface area contributed by atoms with E-state index in [4.69, 9.17) is 4.74 Å². The molecule has 202 valence electrons. The number of unbranched alkanes of at least 4 members (excludes halogenated alkanes) is 15. The van der Waals surface area contributed by atoms with Crippen molar-refractivity contribution in [2.75, 3.05) is 6.61 Å². The first kappa shape index (κ1) is 30.2. The number of aliphatic hydroxyl groups is 4. The zero-order valence-corrected chi connectivity index (χ0v) is 22.1. The van der Waals surface area contributed by atoms with E-state index in [2.05, 4.69) is 6.92 Å². The van der Waals surface area contributed by atoms with Crippen LogP contribution < -0.4 is 0 Å². The van der Waals surface area contributed by atoms with Gasteiger partial charge in [-0.05, 0) is 24.0 Å². The first-order valence-corrected chi connectivity index (χ1v) is 14.5. The number of ether oxygens (including phenoxy) is 1. The summed E-state index contributed by atoms with van der Waals surface area (Å²) in [5.74, 6) is 0. The van der Waals surface area contributed by atoms with E-state index in [1.54, 1.807) is 0 Å². The summed E-state index contributed by atoms with van der Waals surface area (Å²) in [4.78, 5) is 0. The maximum Gasteiger partial charge on any atom is 0.113 e. The average molecular weight is 493 g/mol. The quantitative estimate of drug-likeness (QED) is 0.178. The number of hydrogen-bond acceptors (Lipinski definition) is 5. The van der Waals surface area contributed by atoms with E-state index in [1.807, 2.05) is 24.3 Å². The van der Waals surface area contributed by atoms with Crippen molar-refractivity contribution in [3.63, 3.8) is 0 Å². The Balaban J connectivity index is 1.56. The molecule has 0 bridgehead atoms. The van der Waals surface area contributed by atoms with Gasteiger partial charge < -0.3 is 25.2 Å². The van der Waals surface area contributed by atoms with Gasteiger partial charge in [-0.3, -0.25) is 0 Å². The monoisotopic (exact) mass is 492 g/mol. The highest BCUT2D eigenvalue weighted by molar-refractivity contribution is 5.31. The molecule has 0 amide bonds. The van der Waals surface area contributed by atoms with Gasteiger partial charge in [-0.2, -0.15) is 0 Å². The average Bonchev–Trinajstić information content (AvgIpc) is 2.87. The van der Waals surface area contributed by atoms with Gasteiger partial charge in [-0.1, -0.05) is 128 Å². The molecule has 1 aliphatic heterocycles. The molecule has 0 radical (unpaired) electrons. The van der Waals surface area contributed by atoms with E-state index >= 15 is 0 Å². The molecule has 5 atom stereocenters. The molecule has 2 rings (SSSR count). The van der Waals surface area contributed by atoms with Crippen LogP contribution in [0.25, 0.3) is 0 Å². The normalized spacial score (nSPS) is 24.7. The number of hydrogen-bond donors (Lipinski definition) is 4. The van der Waals surface area contributed by atoms with Crippen LogP contribution in [0, 0.1) is 0 Å². The molecule has 5 heteroatoms.